The summed E-state index contributed by atoms with van der Waals surface area (Å²) in [6, 6.07) is 4.32. The number of aromatic nitrogens is 4. The van der Waals surface area contributed by atoms with Gasteiger partial charge < -0.3 is 14.5 Å². The summed E-state index contributed by atoms with van der Waals surface area (Å²) in [5.74, 6) is 2.50. The minimum atomic E-state index is 0.0490. The zero-order chi connectivity index (χ0) is 19.8. The lowest BCUT2D eigenvalue weighted by atomic mass is 10.1. The first-order valence-corrected chi connectivity index (χ1v) is 10.2. The van der Waals surface area contributed by atoms with Crippen LogP contribution in [0, 0.1) is 13.8 Å². The van der Waals surface area contributed by atoms with Crippen LogP contribution in [0.4, 0.5) is 0 Å². The first-order valence-electron chi connectivity index (χ1n) is 10.2. The van der Waals surface area contributed by atoms with E-state index in [1.165, 1.54) is 11.1 Å². The summed E-state index contributed by atoms with van der Waals surface area (Å²) in [4.78, 5) is 27.7. The van der Waals surface area contributed by atoms with E-state index in [1.54, 1.807) is 0 Å². The van der Waals surface area contributed by atoms with Gasteiger partial charge in [-0.25, -0.2) is 9.97 Å². The van der Waals surface area contributed by atoms with Crippen LogP contribution in [-0.4, -0.2) is 36.9 Å². The Labute approximate surface area is 166 Å². The molecule has 1 fully saturated rings. The second-order valence-electron chi connectivity index (χ2n) is 8.20. The SMILES string of the molecule is Cc1cc2nc([C@@H]3CCCN3C(=O)CCn3ccnc3C(C)C)[nH]c2cc1C. The fourth-order valence-electron chi connectivity index (χ4n) is 4.17. The van der Waals surface area contributed by atoms with Crippen molar-refractivity contribution in [2.75, 3.05) is 6.54 Å². The van der Waals surface area contributed by atoms with Crippen molar-refractivity contribution in [1.82, 2.24) is 24.4 Å². The van der Waals surface area contributed by atoms with Crippen molar-refractivity contribution in [2.24, 2.45) is 0 Å². The van der Waals surface area contributed by atoms with Crippen LogP contribution in [0.1, 0.15) is 67.8 Å². The Balaban J connectivity index is 1.50. The van der Waals surface area contributed by atoms with Crippen LogP contribution in [0.2, 0.25) is 0 Å². The topological polar surface area (TPSA) is 66.8 Å². The molecule has 0 aliphatic carbocycles. The van der Waals surface area contributed by atoms with E-state index in [0.717, 1.165) is 42.1 Å². The molecule has 3 aromatic rings. The molecular formula is C22H29N5O. The van der Waals surface area contributed by atoms with E-state index in [1.807, 2.05) is 17.3 Å². The molecule has 0 saturated carbocycles. The van der Waals surface area contributed by atoms with Crippen molar-refractivity contribution in [3.8, 4) is 0 Å². The van der Waals surface area contributed by atoms with Gasteiger partial charge >= 0.3 is 0 Å². The summed E-state index contributed by atoms with van der Waals surface area (Å²) in [5.41, 5.74) is 4.53. The molecule has 1 N–H and O–H groups in total. The van der Waals surface area contributed by atoms with Gasteiger partial charge in [-0.15, -0.1) is 0 Å². The van der Waals surface area contributed by atoms with Gasteiger partial charge in [0.2, 0.25) is 5.91 Å². The summed E-state index contributed by atoms with van der Waals surface area (Å²) in [6.07, 6.45) is 6.26. The highest BCUT2D eigenvalue weighted by atomic mass is 16.2. The Bertz CT molecular complexity index is 961. The molecule has 1 aromatic carbocycles. The van der Waals surface area contributed by atoms with E-state index in [0.29, 0.717) is 18.9 Å². The van der Waals surface area contributed by atoms with Crippen LogP contribution in [0.25, 0.3) is 11.0 Å². The van der Waals surface area contributed by atoms with Gasteiger partial charge in [0.1, 0.15) is 11.6 Å². The van der Waals surface area contributed by atoms with Gasteiger partial charge in [-0.1, -0.05) is 13.8 Å². The summed E-state index contributed by atoms with van der Waals surface area (Å²) in [6.45, 7) is 9.95. The fourth-order valence-corrected chi connectivity index (χ4v) is 4.17. The van der Waals surface area contributed by atoms with Gasteiger partial charge in [0.15, 0.2) is 0 Å². The third kappa shape index (κ3) is 3.43. The smallest absolute Gasteiger partial charge is 0.224 e. The zero-order valence-electron chi connectivity index (χ0n) is 17.2. The minimum Gasteiger partial charge on any atom is -0.340 e. The first kappa shape index (κ1) is 18.7. The first-order chi connectivity index (χ1) is 13.4. The Morgan fingerprint density at radius 3 is 2.86 bits per heavy atom. The predicted octanol–water partition coefficient (Wildman–Crippen LogP) is 4.25. The average Bonchev–Trinajstić information content (AvgIpc) is 3.38. The van der Waals surface area contributed by atoms with Crippen LogP contribution in [-0.2, 0) is 11.3 Å². The highest BCUT2D eigenvalue weighted by Gasteiger charge is 2.32. The number of hydrogen-bond acceptors (Lipinski definition) is 3. The summed E-state index contributed by atoms with van der Waals surface area (Å²) >= 11 is 0. The molecule has 1 saturated heterocycles. The van der Waals surface area contributed by atoms with Crippen LogP contribution in [0.3, 0.4) is 0 Å². The van der Waals surface area contributed by atoms with E-state index in [9.17, 15) is 4.79 Å². The van der Waals surface area contributed by atoms with Crippen molar-refractivity contribution in [3.05, 3.63) is 47.3 Å². The number of aromatic amines is 1. The molecule has 2 aromatic heterocycles. The lowest BCUT2D eigenvalue weighted by Gasteiger charge is -2.23. The van der Waals surface area contributed by atoms with Gasteiger partial charge in [0.05, 0.1) is 17.1 Å². The number of hydrogen-bond donors (Lipinski definition) is 1. The molecule has 28 heavy (non-hydrogen) atoms. The molecule has 1 amide bonds. The molecule has 148 valence electrons. The van der Waals surface area contributed by atoms with E-state index < -0.39 is 0 Å². The highest BCUT2D eigenvalue weighted by Crippen LogP contribution is 2.32. The quantitative estimate of drug-likeness (QED) is 0.720. The van der Waals surface area contributed by atoms with Crippen molar-refractivity contribution in [3.63, 3.8) is 0 Å². The number of aryl methyl sites for hydroxylation is 3. The number of carbonyl (C=O) groups is 1. The van der Waals surface area contributed by atoms with Crippen molar-refractivity contribution < 1.29 is 4.79 Å². The highest BCUT2D eigenvalue weighted by molar-refractivity contribution is 5.79. The standard InChI is InChI=1S/C22H29N5O/c1-14(2)22-23-8-11-26(22)10-7-20(28)27-9-5-6-19(27)21-24-17-12-15(3)16(4)13-18(17)25-21/h8,11-14,19H,5-7,9-10H2,1-4H3,(H,24,25)/t19-/m0/s1. The summed E-state index contributed by atoms with van der Waals surface area (Å²) in [5, 5.41) is 0. The number of rotatable bonds is 5. The maximum Gasteiger partial charge on any atom is 0.224 e. The van der Waals surface area contributed by atoms with Crippen LogP contribution >= 0.6 is 0 Å². The minimum absolute atomic E-state index is 0.0490. The molecule has 3 heterocycles. The van der Waals surface area contributed by atoms with Gasteiger partial charge in [0.25, 0.3) is 0 Å². The molecule has 6 nitrogen and oxygen atoms in total. The summed E-state index contributed by atoms with van der Waals surface area (Å²) < 4.78 is 2.10. The number of carbonyl (C=O) groups excluding carboxylic acids is 1. The molecule has 6 heteroatoms. The average molecular weight is 380 g/mol. The van der Waals surface area contributed by atoms with E-state index in [2.05, 4.69) is 54.4 Å². The third-order valence-corrected chi connectivity index (χ3v) is 5.84. The third-order valence-electron chi connectivity index (χ3n) is 5.84. The van der Waals surface area contributed by atoms with E-state index in [4.69, 9.17) is 4.98 Å². The molecule has 4 rings (SSSR count). The number of nitrogens with one attached hydrogen (secondary N) is 1. The van der Waals surface area contributed by atoms with Crippen molar-refractivity contribution >= 4 is 16.9 Å². The molecule has 1 atom stereocenters. The molecular weight excluding hydrogens is 350 g/mol. The Morgan fingerprint density at radius 1 is 1.29 bits per heavy atom. The molecule has 1 aliphatic rings. The van der Waals surface area contributed by atoms with Crippen molar-refractivity contribution in [2.45, 2.75) is 65.5 Å². The number of H-pyrrole nitrogens is 1. The second-order valence-corrected chi connectivity index (χ2v) is 8.20. The van der Waals surface area contributed by atoms with Crippen LogP contribution in [0.15, 0.2) is 24.5 Å². The number of nitrogens with zero attached hydrogens (tertiary/aromatic N) is 4. The molecule has 0 radical (unpaired) electrons. The fraction of sp³-hybridized carbons (Fsp3) is 0.500. The molecule has 0 bridgehead atoms. The van der Waals surface area contributed by atoms with Gasteiger partial charge in [-0.3, -0.25) is 4.79 Å². The Hall–Kier alpha value is -2.63. The Kier molecular flexibility index (Phi) is 4.96. The number of amides is 1. The van der Waals surface area contributed by atoms with Gasteiger partial charge in [-0.2, -0.15) is 0 Å². The van der Waals surface area contributed by atoms with E-state index in [-0.39, 0.29) is 11.9 Å². The number of fused-ring (bicyclic) bond motifs is 1. The Morgan fingerprint density at radius 2 is 2.07 bits per heavy atom. The van der Waals surface area contributed by atoms with Crippen LogP contribution in [0.5, 0.6) is 0 Å². The maximum atomic E-state index is 13.0. The van der Waals surface area contributed by atoms with Gasteiger partial charge in [-0.05, 0) is 49.9 Å². The monoisotopic (exact) mass is 379 g/mol. The predicted molar refractivity (Wildman–Crippen MR) is 110 cm³/mol. The van der Waals surface area contributed by atoms with E-state index >= 15 is 0 Å². The van der Waals surface area contributed by atoms with Gasteiger partial charge in [0, 0.05) is 37.8 Å². The maximum absolute atomic E-state index is 13.0. The largest absolute Gasteiger partial charge is 0.340 e. The number of likely N-dealkylation sites (tertiary alicyclic amines) is 1. The second kappa shape index (κ2) is 7.41. The number of benzene rings is 1. The lowest BCUT2D eigenvalue weighted by molar-refractivity contribution is -0.132. The van der Waals surface area contributed by atoms with Crippen LogP contribution < -0.4 is 0 Å². The molecule has 0 spiro atoms. The molecule has 0 unspecified atom stereocenters. The number of imidazole rings is 2. The molecule has 1 aliphatic heterocycles. The summed E-state index contributed by atoms with van der Waals surface area (Å²) in [7, 11) is 0. The zero-order valence-corrected chi connectivity index (χ0v) is 17.2. The van der Waals surface area contributed by atoms with Crippen molar-refractivity contribution in [1.29, 1.82) is 0 Å². The lowest BCUT2D eigenvalue weighted by Crippen LogP contribution is -2.31. The normalized spacial score (nSPS) is 17.2.